The van der Waals surface area contributed by atoms with E-state index in [4.69, 9.17) is 4.74 Å². The second-order valence-corrected chi connectivity index (χ2v) is 5.90. The van der Waals surface area contributed by atoms with Crippen molar-refractivity contribution < 1.29 is 13.2 Å². The van der Waals surface area contributed by atoms with Crippen molar-refractivity contribution in [3.63, 3.8) is 0 Å². The molecule has 1 fully saturated rings. The molecular formula is C11H16N2O3S. The van der Waals surface area contributed by atoms with Crippen LogP contribution < -0.4 is 14.8 Å². The van der Waals surface area contributed by atoms with Crippen LogP contribution in [-0.2, 0) is 10.0 Å². The van der Waals surface area contributed by atoms with Crippen molar-refractivity contribution in [3.8, 4) is 5.75 Å². The van der Waals surface area contributed by atoms with E-state index in [2.05, 4.69) is 10.0 Å². The Labute approximate surface area is 101 Å². The largest absolute Gasteiger partial charge is 0.488 e. The molecule has 2 rings (SSSR count). The van der Waals surface area contributed by atoms with Crippen LogP contribution in [0, 0.1) is 0 Å². The van der Waals surface area contributed by atoms with Gasteiger partial charge in [0.1, 0.15) is 5.75 Å². The quantitative estimate of drug-likeness (QED) is 0.840. The van der Waals surface area contributed by atoms with Gasteiger partial charge < -0.3 is 10.1 Å². The van der Waals surface area contributed by atoms with Crippen LogP contribution in [0.25, 0.3) is 0 Å². The molecule has 0 bridgehead atoms. The Kier molecular flexibility index (Phi) is 3.15. The summed E-state index contributed by atoms with van der Waals surface area (Å²) in [6, 6.07) is 5.35. The summed E-state index contributed by atoms with van der Waals surface area (Å²) in [5, 5.41) is 2.96. The summed E-state index contributed by atoms with van der Waals surface area (Å²) in [6.45, 7) is 0. The molecule has 1 aliphatic carbocycles. The first-order valence-corrected chi connectivity index (χ1v) is 7.33. The van der Waals surface area contributed by atoms with Crippen molar-refractivity contribution in [2.24, 2.45) is 0 Å². The fourth-order valence-electron chi connectivity index (χ4n) is 1.43. The molecule has 0 unspecified atom stereocenters. The Balaban J connectivity index is 2.28. The molecule has 0 aromatic heterocycles. The van der Waals surface area contributed by atoms with E-state index >= 15 is 0 Å². The Bertz CT molecular complexity index is 509. The number of rotatable bonds is 5. The molecule has 17 heavy (non-hydrogen) atoms. The van der Waals surface area contributed by atoms with Crippen LogP contribution in [0.15, 0.2) is 18.2 Å². The lowest BCUT2D eigenvalue weighted by atomic mass is 10.2. The smallest absolute Gasteiger partial charge is 0.229 e. The van der Waals surface area contributed by atoms with Crippen molar-refractivity contribution in [1.29, 1.82) is 0 Å². The molecular weight excluding hydrogens is 240 g/mol. The summed E-state index contributed by atoms with van der Waals surface area (Å²) in [4.78, 5) is 0. The molecule has 0 saturated heterocycles. The number of hydrogen-bond donors (Lipinski definition) is 2. The summed E-state index contributed by atoms with van der Waals surface area (Å²) in [6.07, 6.45) is 3.42. The Morgan fingerprint density at radius 2 is 2.06 bits per heavy atom. The maximum atomic E-state index is 11.3. The first kappa shape index (κ1) is 12.0. The van der Waals surface area contributed by atoms with Gasteiger partial charge in [-0.15, -0.1) is 0 Å². The van der Waals surface area contributed by atoms with Gasteiger partial charge in [-0.1, -0.05) is 0 Å². The Morgan fingerprint density at radius 3 is 2.59 bits per heavy atom. The highest BCUT2D eigenvalue weighted by Crippen LogP contribution is 2.34. The standard InChI is InChI=1S/C11H16N2O3S/c1-12-8-3-6-11(16-9-4-5-9)10(7-8)13-17(2,14)15/h3,6-7,9,12-13H,4-5H2,1-2H3. The van der Waals surface area contributed by atoms with Gasteiger partial charge in [0, 0.05) is 12.7 Å². The van der Waals surface area contributed by atoms with Crippen molar-refractivity contribution in [2.45, 2.75) is 18.9 Å². The first-order valence-electron chi connectivity index (χ1n) is 5.44. The molecule has 1 saturated carbocycles. The zero-order chi connectivity index (χ0) is 12.5. The van der Waals surface area contributed by atoms with Gasteiger partial charge in [-0.3, -0.25) is 4.72 Å². The lowest BCUT2D eigenvalue weighted by molar-refractivity contribution is 0.305. The number of sulfonamides is 1. The highest BCUT2D eigenvalue weighted by Gasteiger charge is 2.25. The lowest BCUT2D eigenvalue weighted by Gasteiger charge is -2.13. The fraction of sp³-hybridized carbons (Fsp3) is 0.455. The lowest BCUT2D eigenvalue weighted by Crippen LogP contribution is -2.11. The summed E-state index contributed by atoms with van der Waals surface area (Å²) in [5.74, 6) is 0.580. The molecule has 94 valence electrons. The van der Waals surface area contributed by atoms with Crippen LogP contribution in [0.5, 0.6) is 5.75 Å². The molecule has 2 N–H and O–H groups in total. The monoisotopic (exact) mass is 256 g/mol. The van der Waals surface area contributed by atoms with Gasteiger partial charge in [-0.25, -0.2) is 8.42 Å². The molecule has 6 heteroatoms. The van der Waals surface area contributed by atoms with Gasteiger partial charge in [0.25, 0.3) is 0 Å². The first-order chi connectivity index (χ1) is 7.98. The van der Waals surface area contributed by atoms with E-state index in [-0.39, 0.29) is 6.10 Å². The zero-order valence-electron chi connectivity index (χ0n) is 9.86. The van der Waals surface area contributed by atoms with Gasteiger partial charge in [0.2, 0.25) is 10.0 Å². The van der Waals surface area contributed by atoms with E-state index < -0.39 is 10.0 Å². The minimum atomic E-state index is -3.30. The maximum absolute atomic E-state index is 11.3. The van der Waals surface area contributed by atoms with E-state index in [1.807, 2.05) is 6.07 Å². The van der Waals surface area contributed by atoms with Crippen molar-refractivity contribution in [2.75, 3.05) is 23.3 Å². The molecule has 1 aliphatic rings. The number of nitrogens with one attached hydrogen (secondary N) is 2. The van der Waals surface area contributed by atoms with E-state index in [0.29, 0.717) is 11.4 Å². The second kappa shape index (κ2) is 4.44. The third-order valence-corrected chi connectivity index (χ3v) is 2.97. The molecule has 1 aromatic rings. The number of hydrogen-bond acceptors (Lipinski definition) is 4. The molecule has 0 spiro atoms. The molecule has 0 amide bonds. The summed E-state index contributed by atoms with van der Waals surface area (Å²) in [5.41, 5.74) is 1.31. The van der Waals surface area contributed by atoms with Crippen molar-refractivity contribution in [1.82, 2.24) is 0 Å². The van der Waals surface area contributed by atoms with Gasteiger partial charge >= 0.3 is 0 Å². The van der Waals surface area contributed by atoms with Crippen LogP contribution in [0.3, 0.4) is 0 Å². The van der Waals surface area contributed by atoms with Crippen LogP contribution in [0.2, 0.25) is 0 Å². The molecule has 5 nitrogen and oxygen atoms in total. The normalized spacial score (nSPS) is 15.4. The maximum Gasteiger partial charge on any atom is 0.229 e. The second-order valence-electron chi connectivity index (χ2n) is 4.15. The van der Waals surface area contributed by atoms with Crippen LogP contribution in [0.4, 0.5) is 11.4 Å². The third kappa shape index (κ3) is 3.52. The fourth-order valence-corrected chi connectivity index (χ4v) is 1.99. The van der Waals surface area contributed by atoms with E-state index in [1.165, 1.54) is 0 Å². The predicted molar refractivity (Wildman–Crippen MR) is 68.1 cm³/mol. The van der Waals surface area contributed by atoms with Crippen LogP contribution >= 0.6 is 0 Å². The molecule has 0 atom stereocenters. The zero-order valence-corrected chi connectivity index (χ0v) is 10.7. The summed E-state index contributed by atoms with van der Waals surface area (Å²) < 4.78 is 30.6. The minimum absolute atomic E-state index is 0.232. The molecule has 0 heterocycles. The van der Waals surface area contributed by atoms with Gasteiger partial charge in [-0.05, 0) is 31.0 Å². The molecule has 0 radical (unpaired) electrons. The third-order valence-electron chi connectivity index (χ3n) is 2.38. The molecule has 1 aromatic carbocycles. The van der Waals surface area contributed by atoms with Gasteiger partial charge in [0.15, 0.2) is 0 Å². The SMILES string of the molecule is CNc1ccc(OC2CC2)c(NS(C)(=O)=O)c1. The highest BCUT2D eigenvalue weighted by atomic mass is 32.2. The molecule has 0 aliphatic heterocycles. The van der Waals surface area contributed by atoms with Gasteiger partial charge in [-0.2, -0.15) is 0 Å². The average Bonchev–Trinajstić information content (AvgIpc) is 3.02. The van der Waals surface area contributed by atoms with Crippen LogP contribution in [0.1, 0.15) is 12.8 Å². The van der Waals surface area contributed by atoms with Crippen molar-refractivity contribution in [3.05, 3.63) is 18.2 Å². The Hall–Kier alpha value is -1.43. The van der Waals surface area contributed by atoms with E-state index in [1.54, 1.807) is 19.2 Å². The van der Waals surface area contributed by atoms with Crippen LogP contribution in [-0.4, -0.2) is 27.8 Å². The number of anilines is 2. The summed E-state index contributed by atoms with van der Waals surface area (Å²) in [7, 11) is -1.52. The number of benzene rings is 1. The summed E-state index contributed by atoms with van der Waals surface area (Å²) >= 11 is 0. The van der Waals surface area contributed by atoms with Crippen molar-refractivity contribution >= 4 is 21.4 Å². The number of ether oxygens (including phenoxy) is 1. The van der Waals surface area contributed by atoms with E-state index in [0.717, 1.165) is 24.8 Å². The average molecular weight is 256 g/mol. The van der Waals surface area contributed by atoms with E-state index in [9.17, 15) is 8.42 Å². The minimum Gasteiger partial charge on any atom is -0.488 e. The topological polar surface area (TPSA) is 67.4 Å². The van der Waals surface area contributed by atoms with Gasteiger partial charge in [0.05, 0.1) is 18.0 Å². The highest BCUT2D eigenvalue weighted by molar-refractivity contribution is 7.92. The predicted octanol–water partition coefficient (Wildman–Crippen LogP) is 1.64. The Morgan fingerprint density at radius 1 is 1.35 bits per heavy atom.